The molecule has 0 amide bonds. The van der Waals surface area contributed by atoms with E-state index >= 15 is 0 Å². The van der Waals surface area contributed by atoms with Crippen LogP contribution in [0.25, 0.3) is 0 Å². The Kier molecular flexibility index (Phi) is 9.36. The summed E-state index contributed by atoms with van der Waals surface area (Å²) in [5.41, 5.74) is 2.54. The zero-order valence-corrected chi connectivity index (χ0v) is 24.7. The lowest BCUT2D eigenvalue weighted by Gasteiger charge is -2.58. The number of fused-ring (bicyclic) bond motifs is 5. The highest BCUT2D eigenvalue weighted by Gasteiger charge is 2.59. The number of carbonyl (C=O) groups is 1. The van der Waals surface area contributed by atoms with Crippen LogP contribution < -0.4 is 0 Å². The predicted octanol–water partition coefficient (Wildman–Crippen LogP) is 9.91. The lowest BCUT2D eigenvalue weighted by Crippen LogP contribution is -2.51. The average molecular weight is 499 g/mol. The fourth-order valence-corrected chi connectivity index (χ4v) is 9.69. The third kappa shape index (κ3) is 5.78. The van der Waals surface area contributed by atoms with E-state index in [9.17, 15) is 4.79 Å². The molecule has 0 aliphatic heterocycles. The lowest BCUT2D eigenvalue weighted by molar-refractivity contribution is -0.151. The van der Waals surface area contributed by atoms with Crippen molar-refractivity contribution in [3.8, 4) is 0 Å². The normalized spacial score (nSPS) is 38.6. The van der Waals surface area contributed by atoms with Gasteiger partial charge >= 0.3 is 5.97 Å². The number of rotatable bonds is 11. The van der Waals surface area contributed by atoms with Crippen molar-refractivity contribution in [3.63, 3.8) is 0 Å². The zero-order chi connectivity index (χ0) is 25.9. The summed E-state index contributed by atoms with van der Waals surface area (Å²) in [6.45, 7) is 14.8. The minimum Gasteiger partial charge on any atom is -0.462 e. The van der Waals surface area contributed by atoms with Gasteiger partial charge in [0.25, 0.3) is 0 Å². The fraction of sp³-hybridized carbons (Fsp3) is 0.912. The molecule has 2 nitrogen and oxygen atoms in total. The zero-order valence-electron chi connectivity index (χ0n) is 24.7. The first kappa shape index (κ1) is 28.2. The molecule has 8 atom stereocenters. The molecule has 4 aliphatic rings. The van der Waals surface area contributed by atoms with Crippen molar-refractivity contribution < 1.29 is 9.53 Å². The summed E-state index contributed by atoms with van der Waals surface area (Å²) in [6.07, 6.45) is 22.5. The largest absolute Gasteiger partial charge is 0.462 e. The van der Waals surface area contributed by atoms with Crippen molar-refractivity contribution in [1.29, 1.82) is 0 Å². The molecule has 0 aromatic heterocycles. The van der Waals surface area contributed by atoms with E-state index in [1.165, 1.54) is 70.6 Å². The van der Waals surface area contributed by atoms with E-state index in [1.807, 2.05) is 0 Å². The molecule has 0 heterocycles. The summed E-state index contributed by atoms with van der Waals surface area (Å²) in [5.74, 6) is 5.34. The molecule has 1 unspecified atom stereocenters. The number of unbranched alkanes of at least 4 members (excludes halogenated alkanes) is 3. The highest BCUT2D eigenvalue weighted by atomic mass is 16.5. The van der Waals surface area contributed by atoms with Gasteiger partial charge in [-0.05, 0) is 97.7 Å². The predicted molar refractivity (Wildman–Crippen MR) is 152 cm³/mol. The van der Waals surface area contributed by atoms with E-state index < -0.39 is 0 Å². The molecule has 0 spiro atoms. The summed E-state index contributed by atoms with van der Waals surface area (Å²) >= 11 is 0. The Bertz CT molecular complexity index is 767. The van der Waals surface area contributed by atoms with E-state index in [0.717, 1.165) is 61.2 Å². The molecule has 3 saturated carbocycles. The number of ether oxygens (including phenoxy) is 1. The van der Waals surface area contributed by atoms with E-state index in [1.54, 1.807) is 5.57 Å². The minimum absolute atomic E-state index is 0.0435. The van der Waals surface area contributed by atoms with Crippen molar-refractivity contribution in [2.75, 3.05) is 0 Å². The Hall–Kier alpha value is -0.790. The van der Waals surface area contributed by atoms with Crippen molar-refractivity contribution in [2.45, 2.75) is 150 Å². The van der Waals surface area contributed by atoms with Crippen LogP contribution in [0.15, 0.2) is 11.6 Å². The van der Waals surface area contributed by atoms with Gasteiger partial charge in [0.2, 0.25) is 0 Å². The summed E-state index contributed by atoms with van der Waals surface area (Å²) in [7, 11) is 0. The SMILES string of the molecule is CCCCCCC(=O)OC1CC[C@@]2(C)C(=CC[C@H]3[C@@H]4CC[C@H]([C@H](C)CCCC(C)C)[C@@]4(C)CC[C@@H]32)C1. The van der Waals surface area contributed by atoms with Crippen LogP contribution in [0, 0.1) is 46.3 Å². The van der Waals surface area contributed by atoms with Gasteiger partial charge in [-0.15, -0.1) is 0 Å². The summed E-state index contributed by atoms with van der Waals surface area (Å²) in [4.78, 5) is 12.4. The standard InChI is InChI=1S/C34H58O2/c1-7-8-9-10-14-32(35)36-27-19-21-33(5)26(23-27)15-16-28-30-18-17-29(25(4)13-11-12-24(2)3)34(30,6)22-20-31(28)33/h15,24-25,27-31H,7-14,16-23H2,1-6H3/t25-,27?,28+,29-,30+,31+,33+,34-/m1/s1. The highest BCUT2D eigenvalue weighted by molar-refractivity contribution is 5.69. The second-order valence-corrected chi connectivity index (χ2v) is 14.5. The molecule has 206 valence electrons. The molecule has 2 heteroatoms. The van der Waals surface area contributed by atoms with Crippen LogP contribution in [0.1, 0.15) is 144 Å². The van der Waals surface area contributed by atoms with Gasteiger partial charge in [0, 0.05) is 12.8 Å². The molecule has 3 fully saturated rings. The Morgan fingerprint density at radius 3 is 2.53 bits per heavy atom. The highest BCUT2D eigenvalue weighted by Crippen LogP contribution is 2.67. The Balaban J connectivity index is 1.36. The first-order valence-electron chi connectivity index (χ1n) is 16.1. The second-order valence-electron chi connectivity index (χ2n) is 14.5. The number of esters is 1. The first-order chi connectivity index (χ1) is 17.2. The molecule has 4 rings (SSSR count). The van der Waals surface area contributed by atoms with Crippen LogP contribution in [-0.4, -0.2) is 12.1 Å². The third-order valence-electron chi connectivity index (χ3n) is 11.8. The third-order valence-corrected chi connectivity index (χ3v) is 11.8. The summed E-state index contributed by atoms with van der Waals surface area (Å²) < 4.78 is 5.99. The van der Waals surface area contributed by atoms with Gasteiger partial charge < -0.3 is 4.74 Å². The van der Waals surface area contributed by atoms with Gasteiger partial charge in [0.1, 0.15) is 6.10 Å². The average Bonchev–Trinajstić information content (AvgIpc) is 3.19. The van der Waals surface area contributed by atoms with E-state index in [4.69, 9.17) is 4.74 Å². The molecular formula is C34H58O2. The smallest absolute Gasteiger partial charge is 0.306 e. The van der Waals surface area contributed by atoms with Crippen molar-refractivity contribution in [2.24, 2.45) is 46.3 Å². The van der Waals surface area contributed by atoms with Crippen LogP contribution in [0.5, 0.6) is 0 Å². The van der Waals surface area contributed by atoms with Crippen LogP contribution in [-0.2, 0) is 9.53 Å². The number of hydrogen-bond acceptors (Lipinski definition) is 2. The summed E-state index contributed by atoms with van der Waals surface area (Å²) in [6, 6.07) is 0. The van der Waals surface area contributed by atoms with Gasteiger partial charge in [-0.3, -0.25) is 4.79 Å². The molecule has 36 heavy (non-hydrogen) atoms. The van der Waals surface area contributed by atoms with Crippen LogP contribution in [0.2, 0.25) is 0 Å². The molecule has 0 saturated heterocycles. The monoisotopic (exact) mass is 498 g/mol. The Morgan fingerprint density at radius 2 is 1.78 bits per heavy atom. The van der Waals surface area contributed by atoms with Gasteiger partial charge in [-0.25, -0.2) is 0 Å². The number of hydrogen-bond donors (Lipinski definition) is 0. The molecule has 0 radical (unpaired) electrons. The van der Waals surface area contributed by atoms with Crippen molar-refractivity contribution >= 4 is 5.97 Å². The van der Waals surface area contributed by atoms with Crippen LogP contribution >= 0.6 is 0 Å². The quantitative estimate of drug-likeness (QED) is 0.161. The lowest BCUT2D eigenvalue weighted by atomic mass is 9.47. The molecular weight excluding hydrogens is 440 g/mol. The first-order valence-corrected chi connectivity index (χ1v) is 16.1. The van der Waals surface area contributed by atoms with Gasteiger partial charge in [0.05, 0.1) is 0 Å². The number of carbonyl (C=O) groups excluding carboxylic acids is 1. The molecule has 0 aromatic rings. The Morgan fingerprint density at radius 1 is 0.972 bits per heavy atom. The van der Waals surface area contributed by atoms with Crippen molar-refractivity contribution in [1.82, 2.24) is 0 Å². The minimum atomic E-state index is 0.0435. The molecule has 4 aliphatic carbocycles. The molecule has 0 bridgehead atoms. The van der Waals surface area contributed by atoms with E-state index in [2.05, 4.69) is 47.6 Å². The van der Waals surface area contributed by atoms with Crippen molar-refractivity contribution in [3.05, 3.63) is 11.6 Å². The maximum Gasteiger partial charge on any atom is 0.306 e. The van der Waals surface area contributed by atoms with Gasteiger partial charge in [-0.1, -0.05) is 91.7 Å². The van der Waals surface area contributed by atoms with E-state index in [0.29, 0.717) is 17.3 Å². The molecule has 0 aromatic carbocycles. The molecule has 0 N–H and O–H groups in total. The van der Waals surface area contributed by atoms with Crippen LogP contribution in [0.4, 0.5) is 0 Å². The maximum absolute atomic E-state index is 12.4. The second kappa shape index (κ2) is 11.9. The summed E-state index contributed by atoms with van der Waals surface area (Å²) in [5, 5.41) is 0. The van der Waals surface area contributed by atoms with Gasteiger partial charge in [-0.2, -0.15) is 0 Å². The topological polar surface area (TPSA) is 26.3 Å². The fourth-order valence-electron chi connectivity index (χ4n) is 9.69. The number of allylic oxidation sites excluding steroid dienone is 1. The van der Waals surface area contributed by atoms with E-state index in [-0.39, 0.29) is 12.1 Å². The maximum atomic E-state index is 12.4. The Labute approximate surface area is 223 Å². The van der Waals surface area contributed by atoms with Crippen LogP contribution in [0.3, 0.4) is 0 Å². The van der Waals surface area contributed by atoms with Gasteiger partial charge in [0.15, 0.2) is 0 Å².